The zero-order valence-corrected chi connectivity index (χ0v) is 10.2. The largest absolute Gasteiger partial charge is 0.334 e. The minimum absolute atomic E-state index is 0.144. The summed E-state index contributed by atoms with van der Waals surface area (Å²) in [6.07, 6.45) is 2.19. The summed E-state index contributed by atoms with van der Waals surface area (Å²) in [5.41, 5.74) is 1.07. The van der Waals surface area contributed by atoms with Crippen LogP contribution >= 0.6 is 0 Å². The lowest BCUT2D eigenvalue weighted by atomic mass is 9.85. The minimum Gasteiger partial charge on any atom is -0.334 e. The fourth-order valence-corrected chi connectivity index (χ4v) is 3.07. The quantitative estimate of drug-likeness (QED) is 0.719. The first-order valence-electron chi connectivity index (χ1n) is 6.27. The van der Waals surface area contributed by atoms with Crippen LogP contribution < -0.4 is 0 Å². The third kappa shape index (κ3) is 1.57. The fourth-order valence-electron chi connectivity index (χ4n) is 3.07. The first kappa shape index (κ1) is 10.8. The van der Waals surface area contributed by atoms with Crippen LogP contribution in [0.2, 0.25) is 0 Å². The average molecular weight is 230 g/mol. The van der Waals surface area contributed by atoms with Gasteiger partial charge in [-0.05, 0) is 32.0 Å². The predicted molar refractivity (Wildman–Crippen MR) is 66.5 cm³/mol. The van der Waals surface area contributed by atoms with E-state index in [0.717, 1.165) is 32.5 Å². The Balaban J connectivity index is 1.68. The zero-order chi connectivity index (χ0) is 11.9. The Labute approximate surface area is 102 Å². The molecule has 1 spiro atoms. The van der Waals surface area contributed by atoms with E-state index in [2.05, 4.69) is 24.1 Å². The van der Waals surface area contributed by atoms with E-state index in [4.69, 9.17) is 0 Å². The van der Waals surface area contributed by atoms with Crippen molar-refractivity contribution in [3.05, 3.63) is 35.9 Å². The number of amides is 1. The Morgan fingerprint density at radius 3 is 2.65 bits per heavy atom. The smallest absolute Gasteiger partial charge is 0.245 e. The Kier molecular flexibility index (Phi) is 2.44. The molecule has 0 N–H and O–H groups in total. The molecule has 90 valence electrons. The van der Waals surface area contributed by atoms with Crippen LogP contribution in [0.4, 0.5) is 0 Å². The highest BCUT2D eigenvalue weighted by atomic mass is 16.2. The number of nitrogens with zero attached hydrogens (tertiary/aromatic N) is 2. The highest BCUT2D eigenvalue weighted by molar-refractivity contribution is 5.93. The Hall–Kier alpha value is -1.35. The molecule has 1 aromatic rings. The molecule has 0 bridgehead atoms. The van der Waals surface area contributed by atoms with Crippen molar-refractivity contribution in [1.82, 2.24) is 9.80 Å². The van der Waals surface area contributed by atoms with Crippen molar-refractivity contribution < 1.29 is 4.79 Å². The van der Waals surface area contributed by atoms with Gasteiger partial charge in [-0.1, -0.05) is 30.3 Å². The number of hydrogen-bond acceptors (Lipinski definition) is 2. The topological polar surface area (TPSA) is 23.6 Å². The van der Waals surface area contributed by atoms with Gasteiger partial charge in [0, 0.05) is 13.1 Å². The number of β-lactam (4-membered cyclic amide) rings is 1. The van der Waals surface area contributed by atoms with E-state index < -0.39 is 0 Å². The van der Waals surface area contributed by atoms with Crippen LogP contribution in [0.3, 0.4) is 0 Å². The molecule has 1 aromatic carbocycles. The van der Waals surface area contributed by atoms with E-state index in [0.29, 0.717) is 5.91 Å². The van der Waals surface area contributed by atoms with Gasteiger partial charge in [0.15, 0.2) is 0 Å². The van der Waals surface area contributed by atoms with E-state index in [1.807, 2.05) is 23.1 Å². The number of likely N-dealkylation sites (tertiary alicyclic amines) is 2. The Morgan fingerprint density at radius 2 is 2.06 bits per heavy atom. The summed E-state index contributed by atoms with van der Waals surface area (Å²) in [4.78, 5) is 16.5. The van der Waals surface area contributed by atoms with Crippen molar-refractivity contribution in [3.63, 3.8) is 0 Å². The van der Waals surface area contributed by atoms with Gasteiger partial charge in [-0.3, -0.25) is 9.69 Å². The molecule has 0 aliphatic carbocycles. The van der Waals surface area contributed by atoms with Gasteiger partial charge in [0.25, 0.3) is 0 Å². The molecule has 17 heavy (non-hydrogen) atoms. The molecular weight excluding hydrogens is 212 g/mol. The van der Waals surface area contributed by atoms with E-state index >= 15 is 0 Å². The second kappa shape index (κ2) is 3.84. The number of rotatable bonds is 2. The molecule has 0 aromatic heterocycles. The van der Waals surface area contributed by atoms with Crippen molar-refractivity contribution in [3.8, 4) is 0 Å². The molecule has 0 radical (unpaired) electrons. The summed E-state index contributed by atoms with van der Waals surface area (Å²) < 4.78 is 0. The van der Waals surface area contributed by atoms with Crippen LogP contribution in [-0.2, 0) is 11.3 Å². The summed E-state index contributed by atoms with van der Waals surface area (Å²) >= 11 is 0. The van der Waals surface area contributed by atoms with Crippen molar-refractivity contribution >= 4 is 5.91 Å². The van der Waals surface area contributed by atoms with Gasteiger partial charge in [-0.15, -0.1) is 0 Å². The number of hydrogen-bond donors (Lipinski definition) is 0. The highest BCUT2D eigenvalue weighted by Crippen LogP contribution is 2.38. The van der Waals surface area contributed by atoms with E-state index in [-0.39, 0.29) is 5.54 Å². The molecule has 3 nitrogen and oxygen atoms in total. The molecule has 3 heteroatoms. The first-order valence-corrected chi connectivity index (χ1v) is 6.27. The second-order valence-electron chi connectivity index (χ2n) is 5.20. The lowest BCUT2D eigenvalue weighted by Gasteiger charge is -2.50. The van der Waals surface area contributed by atoms with Crippen LogP contribution in [0.25, 0.3) is 0 Å². The summed E-state index contributed by atoms with van der Waals surface area (Å²) in [6.45, 7) is 2.72. The van der Waals surface area contributed by atoms with Crippen LogP contribution in [0.1, 0.15) is 18.4 Å². The molecule has 1 amide bonds. The predicted octanol–water partition coefficient (Wildman–Crippen LogP) is 1.49. The van der Waals surface area contributed by atoms with Crippen molar-refractivity contribution in [1.29, 1.82) is 0 Å². The van der Waals surface area contributed by atoms with Crippen LogP contribution in [0.15, 0.2) is 30.3 Å². The Bertz CT molecular complexity index is 431. The van der Waals surface area contributed by atoms with Crippen LogP contribution in [0.5, 0.6) is 0 Å². The van der Waals surface area contributed by atoms with Gasteiger partial charge in [-0.2, -0.15) is 0 Å². The molecule has 3 rings (SSSR count). The van der Waals surface area contributed by atoms with Gasteiger partial charge in [0.1, 0.15) is 5.54 Å². The number of benzene rings is 1. The monoisotopic (exact) mass is 230 g/mol. The summed E-state index contributed by atoms with van der Waals surface area (Å²) in [6, 6.07) is 10.2. The summed E-state index contributed by atoms with van der Waals surface area (Å²) in [5.74, 6) is 0.321. The maximum atomic E-state index is 12.3. The normalized spacial score (nSPS) is 28.8. The lowest BCUT2D eigenvalue weighted by molar-refractivity contribution is -0.161. The molecule has 2 heterocycles. The third-order valence-electron chi connectivity index (χ3n) is 4.17. The Morgan fingerprint density at radius 1 is 1.29 bits per heavy atom. The molecule has 2 aliphatic rings. The summed E-state index contributed by atoms with van der Waals surface area (Å²) in [7, 11) is 2.07. The lowest BCUT2D eigenvalue weighted by Crippen LogP contribution is -2.70. The fraction of sp³-hybridized carbons (Fsp3) is 0.500. The number of likely N-dealkylation sites (N-methyl/N-ethyl adjacent to an activating group) is 1. The molecule has 0 saturated carbocycles. The van der Waals surface area contributed by atoms with E-state index in [9.17, 15) is 4.79 Å². The van der Waals surface area contributed by atoms with Crippen molar-refractivity contribution in [2.45, 2.75) is 24.9 Å². The van der Waals surface area contributed by atoms with Gasteiger partial charge in [-0.25, -0.2) is 0 Å². The maximum absolute atomic E-state index is 12.3. The van der Waals surface area contributed by atoms with E-state index in [1.54, 1.807) is 0 Å². The zero-order valence-electron chi connectivity index (χ0n) is 10.2. The van der Waals surface area contributed by atoms with Gasteiger partial charge in [0.05, 0.1) is 0 Å². The van der Waals surface area contributed by atoms with E-state index in [1.165, 1.54) is 5.56 Å². The van der Waals surface area contributed by atoms with Gasteiger partial charge >= 0.3 is 0 Å². The van der Waals surface area contributed by atoms with Gasteiger partial charge < -0.3 is 4.90 Å². The molecule has 2 fully saturated rings. The van der Waals surface area contributed by atoms with Crippen molar-refractivity contribution in [2.75, 3.05) is 20.1 Å². The SMILES string of the molecule is CN1CCCC12CN(Cc1ccccc1)C2=O. The summed E-state index contributed by atoms with van der Waals surface area (Å²) in [5, 5.41) is 0. The highest BCUT2D eigenvalue weighted by Gasteiger charge is 2.56. The van der Waals surface area contributed by atoms with Crippen molar-refractivity contribution in [2.24, 2.45) is 0 Å². The number of carbonyl (C=O) groups is 1. The molecular formula is C14H18N2O. The molecule has 2 aliphatic heterocycles. The first-order chi connectivity index (χ1) is 8.22. The van der Waals surface area contributed by atoms with Crippen LogP contribution in [-0.4, -0.2) is 41.4 Å². The van der Waals surface area contributed by atoms with Gasteiger partial charge in [0.2, 0.25) is 5.91 Å². The standard InChI is InChI=1S/C14H18N2O/c1-15-9-5-8-14(15)11-16(13(14)17)10-12-6-3-2-4-7-12/h2-4,6-7H,5,8-11H2,1H3. The molecule has 2 saturated heterocycles. The maximum Gasteiger partial charge on any atom is 0.245 e. The third-order valence-corrected chi connectivity index (χ3v) is 4.17. The van der Waals surface area contributed by atoms with Crippen LogP contribution in [0, 0.1) is 0 Å². The second-order valence-corrected chi connectivity index (χ2v) is 5.20. The minimum atomic E-state index is -0.144. The molecule has 1 unspecified atom stereocenters. The average Bonchev–Trinajstić information content (AvgIpc) is 2.74. The number of carbonyl (C=O) groups excluding carboxylic acids is 1. The molecule has 1 atom stereocenters.